The predicted molar refractivity (Wildman–Crippen MR) is 65.7 cm³/mol. The van der Waals surface area contributed by atoms with Crippen LogP contribution in [0, 0.1) is 5.92 Å². The van der Waals surface area contributed by atoms with E-state index in [2.05, 4.69) is 32.7 Å². The number of hydrogen-bond acceptors (Lipinski definition) is 2. The smallest absolute Gasteiger partial charge is 0.116 e. The molecule has 0 heterocycles. The van der Waals surface area contributed by atoms with Gasteiger partial charge >= 0.3 is 0 Å². The summed E-state index contributed by atoms with van der Waals surface area (Å²) in [6, 6.07) is 0. The Kier molecular flexibility index (Phi) is 25.3. The van der Waals surface area contributed by atoms with Crippen LogP contribution in [0.1, 0.15) is 48.0 Å². The van der Waals surface area contributed by atoms with Crippen molar-refractivity contribution in [2.45, 2.75) is 48.0 Å². The number of nitrogens with zero attached hydrogens (tertiary/aromatic N) is 1. The van der Waals surface area contributed by atoms with Crippen LogP contribution < -0.4 is 0 Å². The zero-order valence-corrected chi connectivity index (χ0v) is 11.1. The molecule has 0 saturated carbocycles. The second-order valence-corrected chi connectivity index (χ2v) is 3.31. The zero-order chi connectivity index (χ0) is 12.0. The van der Waals surface area contributed by atoms with Crippen molar-refractivity contribution in [3.05, 3.63) is 0 Å². The van der Waals surface area contributed by atoms with Crippen molar-refractivity contribution in [1.29, 1.82) is 0 Å². The van der Waals surface area contributed by atoms with E-state index < -0.39 is 0 Å². The van der Waals surface area contributed by atoms with Gasteiger partial charge in [-0.05, 0) is 39.4 Å². The van der Waals surface area contributed by atoms with Crippen LogP contribution in [0.4, 0.5) is 0 Å². The second kappa shape index (κ2) is 18.4. The highest BCUT2D eigenvalue weighted by molar-refractivity contribution is 5.44. The molecule has 0 unspecified atom stereocenters. The molecule has 88 valence electrons. The summed E-state index contributed by atoms with van der Waals surface area (Å²) in [5.74, 6) is 0.846. The third kappa shape index (κ3) is 29.9. The summed E-state index contributed by atoms with van der Waals surface area (Å²) >= 11 is 0. The van der Waals surface area contributed by atoms with Crippen LogP contribution in [-0.2, 0) is 4.79 Å². The Labute approximate surface area is 90.7 Å². The average Bonchev–Trinajstić information content (AvgIpc) is 2.18. The molecule has 14 heavy (non-hydrogen) atoms. The lowest BCUT2D eigenvalue weighted by molar-refractivity contribution is -0.106. The molecule has 2 nitrogen and oxygen atoms in total. The molecule has 0 atom stereocenters. The molecule has 0 fully saturated rings. The molecule has 0 rings (SSSR count). The third-order valence-corrected chi connectivity index (χ3v) is 1.63. The first-order chi connectivity index (χ1) is 6.58. The summed E-state index contributed by atoms with van der Waals surface area (Å²) in [6.45, 7) is 14.6. The molecule has 0 aromatic carbocycles. The predicted octanol–water partition coefficient (Wildman–Crippen LogP) is 3.22. The second-order valence-electron chi connectivity index (χ2n) is 3.31. The maximum absolute atomic E-state index is 8.81. The van der Waals surface area contributed by atoms with Crippen molar-refractivity contribution in [2.75, 3.05) is 20.1 Å². The maximum atomic E-state index is 8.81. The van der Waals surface area contributed by atoms with Crippen LogP contribution >= 0.6 is 0 Å². The van der Waals surface area contributed by atoms with Crippen molar-refractivity contribution in [2.24, 2.45) is 5.92 Å². The summed E-state index contributed by atoms with van der Waals surface area (Å²) in [4.78, 5) is 11.2. The fourth-order valence-electron chi connectivity index (χ4n) is 0.637. The summed E-state index contributed by atoms with van der Waals surface area (Å²) < 4.78 is 0. The highest BCUT2D eigenvalue weighted by atomic mass is 16.1. The zero-order valence-electron chi connectivity index (χ0n) is 11.1. The first kappa shape index (κ1) is 19.2. The first-order valence-corrected chi connectivity index (χ1v) is 5.66. The third-order valence-electron chi connectivity index (χ3n) is 1.63. The van der Waals surface area contributed by atoms with Crippen molar-refractivity contribution in [1.82, 2.24) is 4.90 Å². The van der Waals surface area contributed by atoms with E-state index in [1.54, 1.807) is 0 Å². The molecule has 0 saturated heterocycles. The van der Waals surface area contributed by atoms with Gasteiger partial charge in [-0.15, -0.1) is 0 Å². The Morgan fingerprint density at radius 2 is 1.64 bits per heavy atom. The Bertz CT molecular complexity index is 92.3. The lowest BCUT2D eigenvalue weighted by Gasteiger charge is -2.14. The molecule has 0 spiro atoms. The molecule has 0 amide bonds. The number of carbonyl (C=O) groups is 1. The lowest BCUT2D eigenvalue weighted by Crippen LogP contribution is -2.19. The van der Waals surface area contributed by atoms with Crippen LogP contribution in [0.5, 0.6) is 0 Å². The Morgan fingerprint density at radius 1 is 1.29 bits per heavy atom. The van der Waals surface area contributed by atoms with Crippen molar-refractivity contribution in [3.8, 4) is 0 Å². The molecule has 0 aliphatic rings. The molecule has 2 heteroatoms. The highest BCUT2D eigenvalue weighted by Crippen LogP contribution is 1.99. The van der Waals surface area contributed by atoms with E-state index in [4.69, 9.17) is 4.79 Å². The van der Waals surface area contributed by atoms with Crippen LogP contribution in [-0.4, -0.2) is 31.3 Å². The molecular formula is C12H29NO. The van der Waals surface area contributed by atoms with E-state index in [0.717, 1.165) is 12.2 Å². The van der Waals surface area contributed by atoms with Crippen LogP contribution in [0.2, 0.25) is 0 Å². The van der Waals surface area contributed by atoms with E-state index in [1.165, 1.54) is 26.4 Å². The van der Waals surface area contributed by atoms with Crippen LogP contribution in [0.3, 0.4) is 0 Å². The maximum Gasteiger partial charge on any atom is 0.116 e. The Balaban J connectivity index is -0.000000205. The topological polar surface area (TPSA) is 20.3 Å². The molecule has 0 bridgehead atoms. The fourth-order valence-corrected chi connectivity index (χ4v) is 0.637. The van der Waals surface area contributed by atoms with Crippen LogP contribution in [0.25, 0.3) is 0 Å². The molecule has 0 radical (unpaired) electrons. The Hall–Kier alpha value is -0.370. The standard InChI is InChI=1S/C8H19N.C2H4O.C2H6/c1-5-9(4)7-6-8(2)3;1-2-3;1-2/h8H,5-7H2,1-4H3;2H,1H3;1-2H3. The highest BCUT2D eigenvalue weighted by Gasteiger charge is 1.96. The molecule has 0 N–H and O–H groups in total. The minimum Gasteiger partial charge on any atom is -0.307 e. The molecule has 0 aliphatic carbocycles. The summed E-state index contributed by atoms with van der Waals surface area (Å²) in [6.07, 6.45) is 2.07. The van der Waals surface area contributed by atoms with Gasteiger partial charge in [0.25, 0.3) is 0 Å². The number of carbonyl (C=O) groups excluding carboxylic acids is 1. The van der Waals surface area contributed by atoms with E-state index >= 15 is 0 Å². The van der Waals surface area contributed by atoms with Gasteiger partial charge in [0.05, 0.1) is 0 Å². The van der Waals surface area contributed by atoms with Gasteiger partial charge in [0, 0.05) is 0 Å². The van der Waals surface area contributed by atoms with Gasteiger partial charge in [0.2, 0.25) is 0 Å². The van der Waals surface area contributed by atoms with Gasteiger partial charge in [0.1, 0.15) is 6.29 Å². The fraction of sp³-hybridized carbons (Fsp3) is 0.917. The molecule has 0 aromatic rings. The minimum atomic E-state index is 0.750. The quantitative estimate of drug-likeness (QED) is 0.654. The Morgan fingerprint density at radius 3 is 1.86 bits per heavy atom. The molecule has 0 aromatic heterocycles. The number of hydrogen-bond donors (Lipinski definition) is 0. The van der Waals surface area contributed by atoms with Gasteiger partial charge in [-0.1, -0.05) is 34.6 Å². The summed E-state index contributed by atoms with van der Waals surface area (Å²) in [7, 11) is 2.17. The van der Waals surface area contributed by atoms with Crippen molar-refractivity contribution < 1.29 is 4.79 Å². The van der Waals surface area contributed by atoms with E-state index in [9.17, 15) is 0 Å². The largest absolute Gasteiger partial charge is 0.307 e. The van der Waals surface area contributed by atoms with E-state index in [-0.39, 0.29) is 0 Å². The lowest BCUT2D eigenvalue weighted by atomic mass is 10.1. The minimum absolute atomic E-state index is 0.750. The SMILES string of the molecule is CC.CC=O.CCN(C)CCC(C)C. The average molecular weight is 203 g/mol. The monoisotopic (exact) mass is 203 g/mol. The normalized spacial score (nSPS) is 8.64. The van der Waals surface area contributed by atoms with E-state index in [1.807, 2.05) is 13.8 Å². The number of aldehydes is 1. The van der Waals surface area contributed by atoms with Crippen molar-refractivity contribution in [3.63, 3.8) is 0 Å². The van der Waals surface area contributed by atoms with Gasteiger partial charge in [0.15, 0.2) is 0 Å². The van der Waals surface area contributed by atoms with Gasteiger partial charge in [-0.2, -0.15) is 0 Å². The van der Waals surface area contributed by atoms with Crippen LogP contribution in [0.15, 0.2) is 0 Å². The first-order valence-electron chi connectivity index (χ1n) is 5.66. The molecular weight excluding hydrogens is 174 g/mol. The van der Waals surface area contributed by atoms with Gasteiger partial charge < -0.3 is 9.69 Å². The van der Waals surface area contributed by atoms with Gasteiger partial charge in [-0.25, -0.2) is 0 Å². The number of rotatable bonds is 4. The van der Waals surface area contributed by atoms with Crippen molar-refractivity contribution >= 4 is 6.29 Å². The van der Waals surface area contributed by atoms with E-state index in [0.29, 0.717) is 0 Å². The van der Waals surface area contributed by atoms with Gasteiger partial charge in [-0.3, -0.25) is 0 Å². The summed E-state index contributed by atoms with van der Waals surface area (Å²) in [5, 5.41) is 0. The summed E-state index contributed by atoms with van der Waals surface area (Å²) in [5.41, 5.74) is 0. The molecule has 0 aliphatic heterocycles.